The molecule has 1 aromatic carbocycles. The van der Waals surface area contributed by atoms with Crippen molar-refractivity contribution >= 4 is 11.6 Å². The van der Waals surface area contributed by atoms with E-state index in [4.69, 9.17) is 0 Å². The fraction of sp³-hybridized carbons (Fsp3) is 0.552. The number of carboxylic acid groups (broad SMARTS) is 1. The van der Waals surface area contributed by atoms with Crippen molar-refractivity contribution in [2.24, 2.45) is 11.8 Å². The van der Waals surface area contributed by atoms with Gasteiger partial charge in [0.1, 0.15) is 11.9 Å². The highest BCUT2D eigenvalue weighted by Gasteiger charge is 2.41. The number of aliphatic carboxylic acids is 1. The number of hydrogen-bond acceptors (Lipinski definition) is 5. The van der Waals surface area contributed by atoms with Crippen molar-refractivity contribution in [2.75, 3.05) is 32.7 Å². The molecular formula is C29H36FN5O2. The van der Waals surface area contributed by atoms with Gasteiger partial charge in [-0.2, -0.15) is 0 Å². The molecule has 0 bridgehead atoms. The van der Waals surface area contributed by atoms with E-state index in [1.807, 2.05) is 18.5 Å². The smallest absolute Gasteiger partial charge is 0.320 e. The van der Waals surface area contributed by atoms with Crippen molar-refractivity contribution in [3.8, 4) is 0 Å². The minimum Gasteiger partial charge on any atom is -0.480 e. The Bertz CT molecular complexity index is 1240. The Balaban J connectivity index is 1.15. The summed E-state index contributed by atoms with van der Waals surface area (Å²) in [5, 5.41) is 10.1. The number of hydrogen-bond donors (Lipinski definition) is 1. The molecule has 1 saturated carbocycles. The van der Waals surface area contributed by atoms with Crippen molar-refractivity contribution < 1.29 is 14.3 Å². The first-order valence-electron chi connectivity index (χ1n) is 13.8. The lowest BCUT2D eigenvalue weighted by Crippen LogP contribution is -2.43. The van der Waals surface area contributed by atoms with Crippen molar-refractivity contribution in [1.82, 2.24) is 24.2 Å². The molecule has 0 radical (unpaired) electrons. The van der Waals surface area contributed by atoms with Crippen LogP contribution in [0, 0.1) is 17.7 Å². The quantitative estimate of drug-likeness (QED) is 0.489. The van der Waals surface area contributed by atoms with Gasteiger partial charge in [-0.3, -0.25) is 14.7 Å². The molecule has 3 atom stereocenters. The van der Waals surface area contributed by atoms with Gasteiger partial charge < -0.3 is 14.4 Å². The number of benzene rings is 1. The van der Waals surface area contributed by atoms with Crippen LogP contribution < -0.4 is 0 Å². The number of carbonyl (C=O) groups is 1. The molecule has 2 aliphatic heterocycles. The second kappa shape index (κ2) is 10.5. The Labute approximate surface area is 217 Å². The van der Waals surface area contributed by atoms with Crippen LogP contribution in [0.15, 0.2) is 49.1 Å². The third kappa shape index (κ3) is 5.14. The van der Waals surface area contributed by atoms with Crippen LogP contribution in [0.1, 0.15) is 61.6 Å². The summed E-state index contributed by atoms with van der Waals surface area (Å²) in [4.78, 5) is 25.7. The van der Waals surface area contributed by atoms with Crippen molar-refractivity contribution in [2.45, 2.75) is 56.4 Å². The standard InChI is InChI=1S/C29H36FN5O2/c30-24-6-2-5-22(14-24)25-19-34(26(29(36)37)13-20-3-1-4-20)18-23(25)17-33-10-7-21(8-11-33)27-15-32-28-16-31-9-12-35(27)28/h2,5-6,9,12,14-16,20-21,23,25-26H,1,3-4,7-8,10-11,13,17-19H2,(H,36,37)/t23?,25-,26+/m1/s1. The molecule has 1 unspecified atom stereocenters. The average molecular weight is 506 g/mol. The molecule has 196 valence electrons. The van der Waals surface area contributed by atoms with Crippen LogP contribution in [0.4, 0.5) is 4.39 Å². The zero-order valence-corrected chi connectivity index (χ0v) is 21.3. The second-order valence-corrected chi connectivity index (χ2v) is 11.3. The summed E-state index contributed by atoms with van der Waals surface area (Å²) in [6.07, 6.45) is 14.0. The summed E-state index contributed by atoms with van der Waals surface area (Å²) < 4.78 is 16.3. The second-order valence-electron chi connectivity index (χ2n) is 11.3. The first-order chi connectivity index (χ1) is 18.0. The van der Waals surface area contributed by atoms with E-state index in [0.29, 0.717) is 18.4 Å². The maximum absolute atomic E-state index is 14.2. The van der Waals surface area contributed by atoms with Gasteiger partial charge in [-0.25, -0.2) is 9.37 Å². The molecule has 3 aromatic rings. The summed E-state index contributed by atoms with van der Waals surface area (Å²) in [7, 11) is 0. The maximum atomic E-state index is 14.2. The number of rotatable bonds is 8. The monoisotopic (exact) mass is 505 g/mol. The van der Waals surface area contributed by atoms with Gasteiger partial charge in [0.25, 0.3) is 0 Å². The van der Waals surface area contributed by atoms with Gasteiger partial charge in [-0.1, -0.05) is 31.4 Å². The van der Waals surface area contributed by atoms with E-state index in [0.717, 1.165) is 69.5 Å². The summed E-state index contributed by atoms with van der Waals surface area (Å²) in [6, 6.07) is 6.49. The highest BCUT2D eigenvalue weighted by atomic mass is 19.1. The lowest BCUT2D eigenvalue weighted by molar-refractivity contribution is -0.144. The van der Waals surface area contributed by atoms with Gasteiger partial charge in [0.2, 0.25) is 0 Å². The molecule has 37 heavy (non-hydrogen) atoms. The topological polar surface area (TPSA) is 74.0 Å². The predicted molar refractivity (Wildman–Crippen MR) is 139 cm³/mol. The van der Waals surface area contributed by atoms with E-state index in [9.17, 15) is 14.3 Å². The first-order valence-corrected chi connectivity index (χ1v) is 13.8. The van der Waals surface area contributed by atoms with Crippen LogP contribution >= 0.6 is 0 Å². The number of aromatic nitrogens is 3. The lowest BCUT2D eigenvalue weighted by atomic mass is 9.80. The molecule has 3 aliphatic rings. The molecule has 4 heterocycles. The largest absolute Gasteiger partial charge is 0.480 e. The summed E-state index contributed by atoms with van der Waals surface area (Å²) in [6.45, 7) is 4.35. The zero-order chi connectivity index (χ0) is 25.4. The van der Waals surface area contributed by atoms with E-state index in [1.165, 1.54) is 18.2 Å². The van der Waals surface area contributed by atoms with Gasteiger partial charge in [0.05, 0.1) is 6.20 Å². The highest BCUT2D eigenvalue weighted by molar-refractivity contribution is 5.73. The van der Waals surface area contributed by atoms with Crippen LogP contribution in [-0.2, 0) is 4.79 Å². The normalized spacial score (nSPS) is 24.9. The first kappa shape index (κ1) is 24.5. The zero-order valence-electron chi connectivity index (χ0n) is 21.3. The summed E-state index contributed by atoms with van der Waals surface area (Å²) in [5.74, 6) is 0.484. The Morgan fingerprint density at radius 1 is 1.14 bits per heavy atom. The van der Waals surface area contributed by atoms with Crippen LogP contribution in [0.25, 0.3) is 5.65 Å². The molecule has 0 amide bonds. The number of nitrogens with zero attached hydrogens (tertiary/aromatic N) is 5. The SMILES string of the molecule is O=C(O)[C@H](CC1CCC1)N1CC(CN2CCC(c3cnc4cnccn34)CC2)[C@@H](c2cccc(F)c2)C1. The van der Waals surface area contributed by atoms with E-state index in [1.54, 1.807) is 24.5 Å². The molecule has 7 nitrogen and oxygen atoms in total. The Kier molecular flexibility index (Phi) is 6.95. The van der Waals surface area contributed by atoms with Crippen molar-refractivity contribution in [3.05, 3.63) is 66.1 Å². The fourth-order valence-corrected chi connectivity index (χ4v) is 6.82. The molecular weight excluding hydrogens is 469 g/mol. The molecule has 8 heteroatoms. The Morgan fingerprint density at radius 2 is 1.97 bits per heavy atom. The Hall–Kier alpha value is -2.84. The molecule has 2 saturated heterocycles. The Morgan fingerprint density at radius 3 is 2.70 bits per heavy atom. The van der Waals surface area contributed by atoms with Crippen LogP contribution in [0.2, 0.25) is 0 Å². The van der Waals surface area contributed by atoms with Crippen molar-refractivity contribution in [1.29, 1.82) is 0 Å². The number of likely N-dealkylation sites (tertiary alicyclic amines) is 2. The van der Waals surface area contributed by atoms with Gasteiger partial charge in [0, 0.05) is 55.8 Å². The number of carboxylic acids is 1. The number of imidazole rings is 1. The lowest BCUT2D eigenvalue weighted by Gasteiger charge is -2.35. The van der Waals surface area contributed by atoms with Gasteiger partial charge >= 0.3 is 5.97 Å². The minimum absolute atomic E-state index is 0.142. The maximum Gasteiger partial charge on any atom is 0.320 e. The average Bonchev–Trinajstić information content (AvgIpc) is 3.48. The van der Waals surface area contributed by atoms with Gasteiger partial charge in [0.15, 0.2) is 5.65 Å². The van der Waals surface area contributed by atoms with E-state index >= 15 is 0 Å². The summed E-state index contributed by atoms with van der Waals surface area (Å²) >= 11 is 0. The van der Waals surface area contributed by atoms with E-state index in [-0.39, 0.29) is 17.7 Å². The predicted octanol–water partition coefficient (Wildman–Crippen LogP) is 4.41. The summed E-state index contributed by atoms with van der Waals surface area (Å²) in [5.41, 5.74) is 3.13. The van der Waals surface area contributed by atoms with Crippen molar-refractivity contribution in [3.63, 3.8) is 0 Å². The van der Waals surface area contributed by atoms with Crippen LogP contribution in [0.5, 0.6) is 0 Å². The minimum atomic E-state index is -0.713. The molecule has 3 fully saturated rings. The van der Waals surface area contributed by atoms with E-state index in [2.05, 4.69) is 24.2 Å². The molecule has 6 rings (SSSR count). The third-order valence-electron chi connectivity index (χ3n) is 9.10. The highest BCUT2D eigenvalue weighted by Crippen LogP contribution is 2.39. The molecule has 1 N–H and O–H groups in total. The van der Waals surface area contributed by atoms with Gasteiger partial charge in [-0.15, -0.1) is 0 Å². The van der Waals surface area contributed by atoms with Gasteiger partial charge in [-0.05, 0) is 61.9 Å². The number of piperidine rings is 1. The van der Waals surface area contributed by atoms with E-state index < -0.39 is 12.0 Å². The van der Waals surface area contributed by atoms with Crippen LogP contribution in [-0.4, -0.2) is 74.0 Å². The number of halogens is 1. The molecule has 0 spiro atoms. The fourth-order valence-electron chi connectivity index (χ4n) is 6.82. The third-order valence-corrected chi connectivity index (χ3v) is 9.10. The van der Waals surface area contributed by atoms with Crippen LogP contribution in [0.3, 0.4) is 0 Å². The molecule has 2 aromatic heterocycles. The molecule has 1 aliphatic carbocycles. The number of fused-ring (bicyclic) bond motifs is 1.